The summed E-state index contributed by atoms with van der Waals surface area (Å²) in [4.78, 5) is 13.6. The number of hydrogen-bond acceptors (Lipinski definition) is 6. The molecule has 0 atom stereocenters. The molecule has 2 rings (SSSR count). The van der Waals surface area contributed by atoms with Gasteiger partial charge in [0.05, 0.1) is 11.4 Å². The van der Waals surface area contributed by atoms with E-state index in [1.807, 2.05) is 19.9 Å². The van der Waals surface area contributed by atoms with Crippen LogP contribution in [-0.2, 0) is 6.54 Å². The molecular formula is C10H12N4O2S. The summed E-state index contributed by atoms with van der Waals surface area (Å²) < 4.78 is 4.94. The Morgan fingerprint density at radius 3 is 2.82 bits per heavy atom. The average Bonchev–Trinajstić information content (AvgIpc) is 2.83. The van der Waals surface area contributed by atoms with Crippen molar-refractivity contribution in [2.24, 2.45) is 0 Å². The summed E-state index contributed by atoms with van der Waals surface area (Å²) in [7, 11) is 0. The molecule has 0 saturated carbocycles. The Morgan fingerprint density at radius 2 is 2.29 bits per heavy atom. The van der Waals surface area contributed by atoms with Crippen molar-refractivity contribution in [3.63, 3.8) is 0 Å². The highest BCUT2D eigenvalue weighted by atomic mass is 32.1. The van der Waals surface area contributed by atoms with Gasteiger partial charge in [0.1, 0.15) is 0 Å². The summed E-state index contributed by atoms with van der Waals surface area (Å²) >= 11 is 1.46. The van der Waals surface area contributed by atoms with Crippen LogP contribution in [0.5, 0.6) is 0 Å². The average molecular weight is 252 g/mol. The van der Waals surface area contributed by atoms with Crippen LogP contribution in [0.4, 0.5) is 6.01 Å². The maximum absolute atomic E-state index is 11.8. The van der Waals surface area contributed by atoms with Gasteiger partial charge in [-0.3, -0.25) is 4.79 Å². The smallest absolute Gasteiger partial charge is 0.312 e. The van der Waals surface area contributed by atoms with E-state index in [1.165, 1.54) is 11.3 Å². The largest absolute Gasteiger partial charge is 0.406 e. The van der Waals surface area contributed by atoms with Crippen molar-refractivity contribution >= 4 is 23.3 Å². The van der Waals surface area contributed by atoms with E-state index in [-0.39, 0.29) is 18.5 Å². The van der Waals surface area contributed by atoms with Crippen molar-refractivity contribution < 1.29 is 9.21 Å². The third kappa shape index (κ3) is 2.62. The molecule has 0 unspecified atom stereocenters. The number of nitrogens with one attached hydrogen (secondary N) is 1. The predicted octanol–water partition coefficient (Wildman–Crippen LogP) is 1.26. The van der Waals surface area contributed by atoms with Gasteiger partial charge in [-0.15, -0.1) is 16.4 Å². The second kappa shape index (κ2) is 4.54. The number of aryl methyl sites for hydroxylation is 2. The Kier molecular flexibility index (Phi) is 3.10. The van der Waals surface area contributed by atoms with Crippen LogP contribution in [0.2, 0.25) is 0 Å². The zero-order chi connectivity index (χ0) is 12.4. The van der Waals surface area contributed by atoms with Gasteiger partial charge in [-0.2, -0.15) is 0 Å². The van der Waals surface area contributed by atoms with E-state index >= 15 is 0 Å². The highest BCUT2D eigenvalue weighted by Crippen LogP contribution is 2.20. The molecule has 17 heavy (non-hydrogen) atoms. The lowest BCUT2D eigenvalue weighted by molar-refractivity contribution is 0.0951. The lowest BCUT2D eigenvalue weighted by atomic mass is 10.3. The van der Waals surface area contributed by atoms with Crippen LogP contribution in [-0.4, -0.2) is 16.1 Å². The molecule has 2 aromatic heterocycles. The number of hydrogen-bond donors (Lipinski definition) is 2. The normalized spacial score (nSPS) is 10.5. The number of nitrogens with zero attached hydrogens (tertiary/aromatic N) is 2. The Balaban J connectivity index is 1.98. The van der Waals surface area contributed by atoms with Crippen LogP contribution in [0.15, 0.2) is 10.5 Å². The maximum Gasteiger partial charge on any atom is 0.312 e. The molecule has 0 aliphatic rings. The minimum atomic E-state index is -0.150. The highest BCUT2D eigenvalue weighted by molar-refractivity contribution is 7.14. The molecule has 6 nitrogen and oxygen atoms in total. The first-order valence-corrected chi connectivity index (χ1v) is 5.81. The molecule has 3 N–H and O–H groups in total. The Morgan fingerprint density at radius 1 is 1.53 bits per heavy atom. The number of nitrogen functional groups attached to an aromatic ring is 1. The summed E-state index contributed by atoms with van der Waals surface area (Å²) in [6, 6.07) is 1.86. The summed E-state index contributed by atoms with van der Waals surface area (Å²) in [6.45, 7) is 4.13. The van der Waals surface area contributed by atoms with Crippen LogP contribution < -0.4 is 11.1 Å². The van der Waals surface area contributed by atoms with E-state index in [9.17, 15) is 4.79 Å². The van der Waals surface area contributed by atoms with Gasteiger partial charge in [-0.25, -0.2) is 0 Å². The van der Waals surface area contributed by atoms with Gasteiger partial charge in [0, 0.05) is 4.88 Å². The summed E-state index contributed by atoms with van der Waals surface area (Å²) in [5, 5.41) is 9.84. The lowest BCUT2D eigenvalue weighted by Gasteiger charge is -1.98. The van der Waals surface area contributed by atoms with Crippen molar-refractivity contribution in [2.45, 2.75) is 20.4 Å². The minimum Gasteiger partial charge on any atom is -0.406 e. The van der Waals surface area contributed by atoms with E-state index in [4.69, 9.17) is 10.2 Å². The fraction of sp³-hybridized carbons (Fsp3) is 0.300. The monoisotopic (exact) mass is 252 g/mol. The van der Waals surface area contributed by atoms with Gasteiger partial charge in [0.25, 0.3) is 5.91 Å². The molecule has 0 spiro atoms. The third-order valence-corrected chi connectivity index (χ3v) is 3.42. The van der Waals surface area contributed by atoms with E-state index in [1.54, 1.807) is 0 Å². The highest BCUT2D eigenvalue weighted by Gasteiger charge is 2.11. The van der Waals surface area contributed by atoms with Crippen LogP contribution in [0.1, 0.15) is 26.0 Å². The standard InChI is InChI=1S/C10H12N4O2S/c1-5-3-7(17-6(5)2)9(15)12-4-8-13-14-10(11)16-8/h3H,4H2,1-2H3,(H2,11,14)(H,12,15). The van der Waals surface area contributed by atoms with Gasteiger partial charge in [-0.1, -0.05) is 5.10 Å². The number of carbonyl (C=O) groups excluding carboxylic acids is 1. The number of thiophene rings is 1. The van der Waals surface area contributed by atoms with Crippen LogP contribution >= 0.6 is 11.3 Å². The molecule has 0 aromatic carbocycles. The molecule has 0 aliphatic heterocycles. The Bertz CT molecular complexity index is 527. The van der Waals surface area contributed by atoms with Gasteiger partial charge in [0.15, 0.2) is 0 Å². The molecule has 2 aromatic rings. The van der Waals surface area contributed by atoms with Crippen LogP contribution in [0.3, 0.4) is 0 Å². The first-order chi connectivity index (χ1) is 8.06. The second-order valence-electron chi connectivity index (χ2n) is 3.57. The van der Waals surface area contributed by atoms with Crippen molar-refractivity contribution in [2.75, 3.05) is 5.73 Å². The summed E-state index contributed by atoms with van der Waals surface area (Å²) in [6.07, 6.45) is 0. The fourth-order valence-corrected chi connectivity index (χ4v) is 2.22. The minimum absolute atomic E-state index is 0.00272. The predicted molar refractivity (Wildman–Crippen MR) is 63.7 cm³/mol. The molecule has 2 heterocycles. The fourth-order valence-electron chi connectivity index (χ4n) is 1.27. The van der Waals surface area contributed by atoms with E-state index < -0.39 is 0 Å². The Hall–Kier alpha value is -1.89. The van der Waals surface area contributed by atoms with Crippen molar-refractivity contribution in [3.8, 4) is 0 Å². The summed E-state index contributed by atoms with van der Waals surface area (Å²) in [5.74, 6) is 0.142. The van der Waals surface area contributed by atoms with Crippen LogP contribution in [0, 0.1) is 13.8 Å². The number of nitrogens with two attached hydrogens (primary N) is 1. The molecule has 0 radical (unpaired) electrons. The van der Waals surface area contributed by atoms with Crippen molar-refractivity contribution in [1.82, 2.24) is 15.5 Å². The SMILES string of the molecule is Cc1cc(C(=O)NCc2nnc(N)o2)sc1C. The molecule has 0 fully saturated rings. The Labute approximate surface area is 102 Å². The van der Waals surface area contributed by atoms with Gasteiger partial charge in [0.2, 0.25) is 5.89 Å². The molecule has 90 valence electrons. The number of rotatable bonds is 3. The van der Waals surface area contributed by atoms with E-state index in [0.29, 0.717) is 10.8 Å². The number of amides is 1. The van der Waals surface area contributed by atoms with E-state index in [0.717, 1.165) is 10.4 Å². The van der Waals surface area contributed by atoms with E-state index in [2.05, 4.69) is 15.5 Å². The van der Waals surface area contributed by atoms with Gasteiger partial charge < -0.3 is 15.5 Å². The quantitative estimate of drug-likeness (QED) is 0.857. The lowest BCUT2D eigenvalue weighted by Crippen LogP contribution is -2.21. The topological polar surface area (TPSA) is 94.0 Å². The second-order valence-corrected chi connectivity index (χ2v) is 4.82. The molecule has 0 bridgehead atoms. The zero-order valence-electron chi connectivity index (χ0n) is 9.48. The zero-order valence-corrected chi connectivity index (χ0v) is 10.3. The molecule has 1 amide bonds. The molecule has 0 aliphatic carbocycles. The first kappa shape index (κ1) is 11.6. The van der Waals surface area contributed by atoms with Gasteiger partial charge >= 0.3 is 6.01 Å². The van der Waals surface area contributed by atoms with Crippen molar-refractivity contribution in [3.05, 3.63) is 27.3 Å². The number of carbonyl (C=O) groups is 1. The molecule has 7 heteroatoms. The maximum atomic E-state index is 11.8. The first-order valence-electron chi connectivity index (χ1n) is 4.99. The van der Waals surface area contributed by atoms with Crippen molar-refractivity contribution in [1.29, 1.82) is 0 Å². The third-order valence-electron chi connectivity index (χ3n) is 2.27. The van der Waals surface area contributed by atoms with Crippen LogP contribution in [0.25, 0.3) is 0 Å². The molecular weight excluding hydrogens is 240 g/mol. The number of anilines is 1. The molecule has 0 saturated heterocycles. The number of aromatic nitrogens is 2. The summed E-state index contributed by atoms with van der Waals surface area (Å²) in [5.41, 5.74) is 6.38. The van der Waals surface area contributed by atoms with Gasteiger partial charge in [-0.05, 0) is 25.5 Å².